The SMILES string of the molecule is ClCc1nc2cccc(Cl)c2n1CCC1CCC1. The molecule has 96 valence electrons. The summed E-state index contributed by atoms with van der Waals surface area (Å²) in [6, 6.07) is 5.85. The fourth-order valence-corrected chi connectivity index (χ4v) is 3.10. The van der Waals surface area contributed by atoms with E-state index in [1.54, 1.807) is 0 Å². The Kier molecular flexibility index (Phi) is 3.49. The number of aryl methyl sites for hydroxylation is 1. The number of fused-ring (bicyclic) bond motifs is 1. The third-order valence-corrected chi connectivity index (χ3v) is 4.45. The molecule has 1 aromatic carbocycles. The van der Waals surface area contributed by atoms with Gasteiger partial charge in [-0.3, -0.25) is 0 Å². The lowest BCUT2D eigenvalue weighted by Gasteiger charge is -2.25. The monoisotopic (exact) mass is 282 g/mol. The Morgan fingerprint density at radius 2 is 2.17 bits per heavy atom. The van der Waals surface area contributed by atoms with Gasteiger partial charge in [0.05, 0.1) is 21.9 Å². The maximum atomic E-state index is 6.29. The minimum atomic E-state index is 0.440. The van der Waals surface area contributed by atoms with Crippen molar-refractivity contribution in [3.63, 3.8) is 0 Å². The summed E-state index contributed by atoms with van der Waals surface area (Å²) in [5, 5.41) is 0.768. The molecule has 0 saturated heterocycles. The number of hydrogen-bond donors (Lipinski definition) is 0. The second-order valence-corrected chi connectivity index (χ2v) is 5.68. The molecule has 1 aliphatic rings. The molecule has 0 amide bonds. The predicted octanol–water partition coefficient (Wildman–Crippen LogP) is 4.62. The number of benzene rings is 1. The standard InChI is InChI=1S/C14H16Cl2N2/c15-9-13-17-12-6-2-5-11(16)14(12)18(13)8-7-10-3-1-4-10/h2,5-6,10H,1,3-4,7-9H2. The normalized spacial score (nSPS) is 16.1. The molecule has 1 aromatic heterocycles. The first-order valence-corrected chi connectivity index (χ1v) is 7.40. The van der Waals surface area contributed by atoms with Crippen molar-refractivity contribution in [3.8, 4) is 0 Å². The number of halogens is 2. The number of alkyl halides is 1. The van der Waals surface area contributed by atoms with E-state index in [0.29, 0.717) is 5.88 Å². The van der Waals surface area contributed by atoms with Crippen molar-refractivity contribution in [2.24, 2.45) is 5.92 Å². The van der Waals surface area contributed by atoms with Gasteiger partial charge in [0.1, 0.15) is 5.82 Å². The summed E-state index contributed by atoms with van der Waals surface area (Å²) >= 11 is 12.3. The van der Waals surface area contributed by atoms with Gasteiger partial charge in [0.25, 0.3) is 0 Å². The summed E-state index contributed by atoms with van der Waals surface area (Å²) in [7, 11) is 0. The number of hydrogen-bond acceptors (Lipinski definition) is 1. The molecule has 2 aromatic rings. The van der Waals surface area contributed by atoms with Crippen molar-refractivity contribution < 1.29 is 0 Å². The average Bonchev–Trinajstić information content (AvgIpc) is 2.67. The Balaban J connectivity index is 1.95. The van der Waals surface area contributed by atoms with Crippen LogP contribution in [0.5, 0.6) is 0 Å². The van der Waals surface area contributed by atoms with Gasteiger partial charge in [-0.1, -0.05) is 36.9 Å². The van der Waals surface area contributed by atoms with Crippen LogP contribution in [0, 0.1) is 5.92 Å². The highest BCUT2D eigenvalue weighted by molar-refractivity contribution is 6.35. The fourth-order valence-electron chi connectivity index (χ4n) is 2.63. The molecule has 1 fully saturated rings. The van der Waals surface area contributed by atoms with Crippen LogP contribution in [0.3, 0.4) is 0 Å². The molecule has 0 aliphatic heterocycles. The first kappa shape index (κ1) is 12.3. The van der Waals surface area contributed by atoms with Crippen LogP contribution >= 0.6 is 23.2 Å². The van der Waals surface area contributed by atoms with E-state index in [-0.39, 0.29) is 0 Å². The Hall–Kier alpha value is -0.730. The van der Waals surface area contributed by atoms with Gasteiger partial charge < -0.3 is 4.57 Å². The van der Waals surface area contributed by atoms with Crippen LogP contribution in [-0.4, -0.2) is 9.55 Å². The Labute approximate surface area is 117 Å². The first-order valence-electron chi connectivity index (χ1n) is 6.49. The van der Waals surface area contributed by atoms with E-state index in [0.717, 1.165) is 34.3 Å². The van der Waals surface area contributed by atoms with E-state index in [2.05, 4.69) is 9.55 Å². The third-order valence-electron chi connectivity index (χ3n) is 3.90. The van der Waals surface area contributed by atoms with Gasteiger partial charge >= 0.3 is 0 Å². The number of para-hydroxylation sites is 1. The average molecular weight is 283 g/mol. The van der Waals surface area contributed by atoms with Gasteiger partial charge in [-0.05, 0) is 24.5 Å². The molecule has 0 radical (unpaired) electrons. The topological polar surface area (TPSA) is 17.8 Å². The highest BCUT2D eigenvalue weighted by Gasteiger charge is 2.19. The molecule has 1 aliphatic carbocycles. The van der Waals surface area contributed by atoms with Crippen molar-refractivity contribution in [1.82, 2.24) is 9.55 Å². The summed E-state index contributed by atoms with van der Waals surface area (Å²) in [6.07, 6.45) is 5.34. The summed E-state index contributed by atoms with van der Waals surface area (Å²) in [6.45, 7) is 0.979. The Morgan fingerprint density at radius 3 is 2.83 bits per heavy atom. The predicted molar refractivity (Wildman–Crippen MR) is 76.3 cm³/mol. The van der Waals surface area contributed by atoms with Crippen molar-refractivity contribution >= 4 is 34.2 Å². The summed E-state index contributed by atoms with van der Waals surface area (Å²) in [5.74, 6) is 2.25. The second kappa shape index (κ2) is 5.10. The van der Waals surface area contributed by atoms with Gasteiger partial charge in [-0.25, -0.2) is 4.98 Å². The van der Waals surface area contributed by atoms with Crippen molar-refractivity contribution in [2.45, 2.75) is 38.1 Å². The molecule has 18 heavy (non-hydrogen) atoms. The van der Waals surface area contributed by atoms with Crippen LogP contribution in [0.1, 0.15) is 31.5 Å². The highest BCUT2D eigenvalue weighted by Crippen LogP contribution is 2.31. The molecule has 4 heteroatoms. The zero-order valence-electron chi connectivity index (χ0n) is 10.2. The highest BCUT2D eigenvalue weighted by atomic mass is 35.5. The Bertz CT molecular complexity index is 558. The van der Waals surface area contributed by atoms with Gasteiger partial charge in [0, 0.05) is 6.54 Å². The largest absolute Gasteiger partial charge is 0.326 e. The number of aromatic nitrogens is 2. The van der Waals surface area contributed by atoms with Crippen molar-refractivity contribution in [1.29, 1.82) is 0 Å². The van der Waals surface area contributed by atoms with Crippen molar-refractivity contribution in [3.05, 3.63) is 29.0 Å². The van der Waals surface area contributed by atoms with E-state index >= 15 is 0 Å². The lowest BCUT2D eigenvalue weighted by atomic mass is 9.83. The fraction of sp³-hybridized carbons (Fsp3) is 0.500. The zero-order valence-corrected chi connectivity index (χ0v) is 11.7. The van der Waals surface area contributed by atoms with Crippen LogP contribution in [0.25, 0.3) is 11.0 Å². The number of rotatable bonds is 4. The van der Waals surface area contributed by atoms with Crippen LogP contribution < -0.4 is 0 Å². The first-order chi connectivity index (χ1) is 8.79. The molecule has 1 heterocycles. The molecule has 0 unspecified atom stereocenters. The van der Waals surface area contributed by atoms with Crippen LogP contribution in [0.4, 0.5) is 0 Å². The number of nitrogens with zero attached hydrogens (tertiary/aromatic N) is 2. The summed E-state index contributed by atoms with van der Waals surface area (Å²) in [5.41, 5.74) is 1.99. The van der Waals surface area contributed by atoms with E-state index in [4.69, 9.17) is 23.2 Å². The molecule has 0 spiro atoms. The van der Waals surface area contributed by atoms with Gasteiger partial charge in [-0.15, -0.1) is 11.6 Å². The second-order valence-electron chi connectivity index (χ2n) is 5.01. The molecular formula is C14H16Cl2N2. The summed E-state index contributed by atoms with van der Waals surface area (Å²) in [4.78, 5) is 4.56. The third kappa shape index (κ3) is 2.12. The molecule has 0 bridgehead atoms. The number of imidazole rings is 1. The quantitative estimate of drug-likeness (QED) is 0.749. The molecule has 2 nitrogen and oxygen atoms in total. The Morgan fingerprint density at radius 1 is 1.33 bits per heavy atom. The maximum absolute atomic E-state index is 6.29. The van der Waals surface area contributed by atoms with E-state index in [1.165, 1.54) is 25.7 Å². The van der Waals surface area contributed by atoms with E-state index in [1.807, 2.05) is 18.2 Å². The van der Waals surface area contributed by atoms with Gasteiger partial charge in [0.15, 0.2) is 0 Å². The van der Waals surface area contributed by atoms with Crippen LogP contribution in [0.15, 0.2) is 18.2 Å². The van der Waals surface area contributed by atoms with Gasteiger partial charge in [0.2, 0.25) is 0 Å². The molecule has 3 rings (SSSR count). The van der Waals surface area contributed by atoms with E-state index < -0.39 is 0 Å². The molecule has 1 saturated carbocycles. The lowest BCUT2D eigenvalue weighted by molar-refractivity contribution is 0.282. The smallest absolute Gasteiger partial charge is 0.124 e. The van der Waals surface area contributed by atoms with Crippen molar-refractivity contribution in [2.75, 3.05) is 0 Å². The zero-order chi connectivity index (χ0) is 12.5. The molecule has 0 atom stereocenters. The van der Waals surface area contributed by atoms with Crippen LogP contribution in [-0.2, 0) is 12.4 Å². The minimum absolute atomic E-state index is 0.440. The van der Waals surface area contributed by atoms with Gasteiger partial charge in [-0.2, -0.15) is 0 Å². The molecule has 0 N–H and O–H groups in total. The lowest BCUT2D eigenvalue weighted by Crippen LogP contribution is -2.14. The summed E-state index contributed by atoms with van der Waals surface area (Å²) < 4.78 is 2.20. The van der Waals surface area contributed by atoms with Crippen LogP contribution in [0.2, 0.25) is 5.02 Å². The molecular weight excluding hydrogens is 267 g/mol. The van der Waals surface area contributed by atoms with E-state index in [9.17, 15) is 0 Å². The minimum Gasteiger partial charge on any atom is -0.326 e. The maximum Gasteiger partial charge on any atom is 0.124 e.